The number of rotatable bonds is 4. The predicted molar refractivity (Wildman–Crippen MR) is 62.2 cm³/mol. The summed E-state index contributed by atoms with van der Waals surface area (Å²) >= 11 is 0. The molecule has 0 saturated heterocycles. The lowest BCUT2D eigenvalue weighted by Crippen LogP contribution is -2.32. The molecular weight excluding hydrogens is 243 g/mol. The van der Waals surface area contributed by atoms with Gasteiger partial charge in [-0.1, -0.05) is 13.8 Å². The molecule has 6 heteroatoms. The first-order valence-corrected chi connectivity index (χ1v) is 6.05. The van der Waals surface area contributed by atoms with E-state index in [2.05, 4.69) is 9.97 Å². The van der Waals surface area contributed by atoms with Crippen LogP contribution in [0, 0.1) is 5.92 Å². The smallest absolute Gasteiger partial charge is 0.338 e. The van der Waals surface area contributed by atoms with Crippen LogP contribution in [0.5, 0.6) is 0 Å². The van der Waals surface area contributed by atoms with E-state index < -0.39 is 11.9 Å². The maximum Gasteiger partial charge on any atom is 0.433 e. The first-order valence-electron chi connectivity index (χ1n) is 6.05. The molecule has 2 rings (SSSR count). The largest absolute Gasteiger partial charge is 0.433 e. The first-order chi connectivity index (χ1) is 8.38. The molecule has 100 valence electrons. The second kappa shape index (κ2) is 4.74. The molecule has 1 fully saturated rings. The number of alkyl halides is 3. The molecule has 0 aromatic carbocycles. The lowest BCUT2D eigenvalue weighted by Gasteiger charge is -2.24. The molecule has 0 bridgehead atoms. The number of anilines is 1. The lowest BCUT2D eigenvalue weighted by molar-refractivity contribution is -0.141. The molecule has 18 heavy (non-hydrogen) atoms. The average molecular weight is 259 g/mol. The van der Waals surface area contributed by atoms with Crippen molar-refractivity contribution in [2.75, 3.05) is 11.4 Å². The van der Waals surface area contributed by atoms with Crippen LogP contribution in [-0.4, -0.2) is 22.6 Å². The summed E-state index contributed by atoms with van der Waals surface area (Å²) in [5.74, 6) is 0.560. The molecule has 0 amide bonds. The highest BCUT2D eigenvalue weighted by Crippen LogP contribution is 2.32. The molecule has 1 aliphatic rings. The van der Waals surface area contributed by atoms with Crippen molar-refractivity contribution < 1.29 is 13.2 Å². The van der Waals surface area contributed by atoms with Crippen LogP contribution >= 0.6 is 0 Å². The Hall–Kier alpha value is -1.33. The highest BCUT2D eigenvalue weighted by molar-refractivity contribution is 5.35. The fourth-order valence-corrected chi connectivity index (χ4v) is 1.82. The number of nitrogens with zero attached hydrogens (tertiary/aromatic N) is 3. The Morgan fingerprint density at radius 3 is 2.56 bits per heavy atom. The molecule has 1 aromatic heterocycles. The van der Waals surface area contributed by atoms with E-state index >= 15 is 0 Å². The highest BCUT2D eigenvalue weighted by Gasteiger charge is 2.35. The monoisotopic (exact) mass is 259 g/mol. The summed E-state index contributed by atoms with van der Waals surface area (Å²) in [6.45, 7) is 4.75. The van der Waals surface area contributed by atoms with Gasteiger partial charge in [0.25, 0.3) is 0 Å². The molecule has 0 spiro atoms. The molecular formula is C12H16F3N3. The van der Waals surface area contributed by atoms with Gasteiger partial charge in [-0.05, 0) is 24.8 Å². The summed E-state index contributed by atoms with van der Waals surface area (Å²) in [5.41, 5.74) is -0.873. The van der Waals surface area contributed by atoms with E-state index in [0.717, 1.165) is 18.9 Å². The third kappa shape index (κ3) is 3.11. The average Bonchev–Trinajstić information content (AvgIpc) is 3.08. The zero-order valence-corrected chi connectivity index (χ0v) is 10.4. The number of aromatic nitrogens is 2. The van der Waals surface area contributed by atoms with Crippen molar-refractivity contribution in [3.8, 4) is 0 Å². The SMILES string of the molecule is CC(C)CN(c1nccc(C(F)(F)F)n1)C1CC1. The van der Waals surface area contributed by atoms with Crippen LogP contribution in [0.2, 0.25) is 0 Å². The van der Waals surface area contributed by atoms with Gasteiger partial charge < -0.3 is 4.90 Å². The standard InChI is InChI=1S/C12H16F3N3/c1-8(2)7-18(9-3-4-9)11-16-6-5-10(17-11)12(13,14)15/h5-6,8-9H,3-4,7H2,1-2H3. The van der Waals surface area contributed by atoms with Crippen molar-refractivity contribution >= 4 is 5.95 Å². The predicted octanol–water partition coefficient (Wildman–Crippen LogP) is 3.12. The number of halogens is 3. The zero-order valence-electron chi connectivity index (χ0n) is 10.4. The normalized spacial score (nSPS) is 16.1. The minimum absolute atomic E-state index is 0.195. The van der Waals surface area contributed by atoms with Gasteiger partial charge in [0.1, 0.15) is 5.69 Å². The summed E-state index contributed by atoms with van der Waals surface area (Å²) in [6, 6.07) is 1.21. The van der Waals surface area contributed by atoms with Crippen molar-refractivity contribution in [3.63, 3.8) is 0 Å². The topological polar surface area (TPSA) is 29.0 Å². The van der Waals surface area contributed by atoms with E-state index in [4.69, 9.17) is 0 Å². The first kappa shape index (κ1) is 13.1. The maximum atomic E-state index is 12.6. The molecule has 1 saturated carbocycles. The van der Waals surface area contributed by atoms with E-state index in [9.17, 15) is 13.2 Å². The molecule has 1 heterocycles. The van der Waals surface area contributed by atoms with Crippen LogP contribution in [0.1, 0.15) is 32.4 Å². The fourth-order valence-electron chi connectivity index (χ4n) is 1.82. The van der Waals surface area contributed by atoms with Crippen molar-refractivity contribution in [2.24, 2.45) is 5.92 Å². The Balaban J connectivity index is 2.24. The summed E-state index contributed by atoms with van der Waals surface area (Å²) in [5, 5.41) is 0. The Kier molecular flexibility index (Phi) is 3.45. The second-order valence-electron chi connectivity index (χ2n) is 5.02. The summed E-state index contributed by atoms with van der Waals surface area (Å²) < 4.78 is 37.8. The third-order valence-electron chi connectivity index (χ3n) is 2.74. The van der Waals surface area contributed by atoms with E-state index in [1.807, 2.05) is 18.7 Å². The zero-order chi connectivity index (χ0) is 13.3. The van der Waals surface area contributed by atoms with Crippen LogP contribution < -0.4 is 4.90 Å². The van der Waals surface area contributed by atoms with Crippen LogP contribution in [0.15, 0.2) is 12.3 Å². The van der Waals surface area contributed by atoms with Gasteiger partial charge in [-0.2, -0.15) is 13.2 Å². The molecule has 0 N–H and O–H groups in total. The third-order valence-corrected chi connectivity index (χ3v) is 2.74. The highest BCUT2D eigenvalue weighted by atomic mass is 19.4. The van der Waals surface area contributed by atoms with Crippen LogP contribution in [0.3, 0.4) is 0 Å². The van der Waals surface area contributed by atoms with Gasteiger partial charge in [-0.3, -0.25) is 0 Å². The Labute approximate surface area is 104 Å². The summed E-state index contributed by atoms with van der Waals surface area (Å²) in [7, 11) is 0. The maximum absolute atomic E-state index is 12.6. The molecule has 0 radical (unpaired) electrons. The van der Waals surface area contributed by atoms with Gasteiger partial charge in [-0.15, -0.1) is 0 Å². The van der Waals surface area contributed by atoms with E-state index in [1.165, 1.54) is 6.20 Å². The minimum atomic E-state index is -4.41. The molecule has 1 aromatic rings. The second-order valence-corrected chi connectivity index (χ2v) is 5.02. The van der Waals surface area contributed by atoms with E-state index in [0.29, 0.717) is 18.5 Å². The van der Waals surface area contributed by atoms with Crippen LogP contribution in [0.4, 0.5) is 19.1 Å². The molecule has 0 unspecified atom stereocenters. The van der Waals surface area contributed by atoms with Gasteiger partial charge in [0.05, 0.1) is 0 Å². The number of hydrogen-bond donors (Lipinski definition) is 0. The van der Waals surface area contributed by atoms with Gasteiger partial charge in [0, 0.05) is 18.8 Å². The van der Waals surface area contributed by atoms with Crippen molar-refractivity contribution in [1.82, 2.24) is 9.97 Å². The van der Waals surface area contributed by atoms with Gasteiger partial charge in [0.2, 0.25) is 5.95 Å². The number of hydrogen-bond acceptors (Lipinski definition) is 3. The minimum Gasteiger partial charge on any atom is -0.338 e. The molecule has 0 aliphatic heterocycles. The van der Waals surface area contributed by atoms with E-state index in [1.54, 1.807) is 0 Å². The quantitative estimate of drug-likeness (QED) is 0.832. The Morgan fingerprint density at radius 2 is 2.06 bits per heavy atom. The lowest BCUT2D eigenvalue weighted by atomic mass is 10.2. The van der Waals surface area contributed by atoms with Gasteiger partial charge in [-0.25, -0.2) is 9.97 Å². The van der Waals surface area contributed by atoms with Crippen molar-refractivity contribution in [1.29, 1.82) is 0 Å². The van der Waals surface area contributed by atoms with Crippen molar-refractivity contribution in [3.05, 3.63) is 18.0 Å². The van der Waals surface area contributed by atoms with E-state index in [-0.39, 0.29) is 5.95 Å². The Morgan fingerprint density at radius 1 is 1.39 bits per heavy atom. The van der Waals surface area contributed by atoms with Crippen LogP contribution in [0.25, 0.3) is 0 Å². The van der Waals surface area contributed by atoms with Crippen LogP contribution in [-0.2, 0) is 6.18 Å². The summed E-state index contributed by atoms with van der Waals surface area (Å²) in [4.78, 5) is 9.52. The van der Waals surface area contributed by atoms with Gasteiger partial charge in [0.15, 0.2) is 0 Å². The molecule has 1 aliphatic carbocycles. The fraction of sp³-hybridized carbons (Fsp3) is 0.667. The molecule has 0 atom stereocenters. The van der Waals surface area contributed by atoms with Crippen molar-refractivity contribution in [2.45, 2.75) is 38.9 Å². The molecule has 3 nitrogen and oxygen atoms in total. The van der Waals surface area contributed by atoms with Gasteiger partial charge >= 0.3 is 6.18 Å². The Bertz CT molecular complexity index is 413. The summed E-state index contributed by atoms with van der Waals surface area (Å²) in [6.07, 6.45) is -1.22.